The van der Waals surface area contributed by atoms with Gasteiger partial charge in [0, 0.05) is 38.0 Å². The molecule has 0 aliphatic carbocycles. The van der Waals surface area contributed by atoms with Gasteiger partial charge in [0.2, 0.25) is 0 Å². The third-order valence-corrected chi connectivity index (χ3v) is 9.47. The van der Waals surface area contributed by atoms with E-state index in [9.17, 15) is 5.26 Å². The lowest BCUT2D eigenvalue weighted by atomic mass is 10.1. The molecule has 5 nitrogen and oxygen atoms in total. The number of nitrogens with zero attached hydrogens (tertiary/aromatic N) is 5. The number of aromatic nitrogens is 4. The Morgan fingerprint density at radius 3 is 1.34 bits per heavy atom. The first-order valence-corrected chi connectivity index (χ1v) is 15.7. The molecule has 6 aromatic carbocycles. The van der Waals surface area contributed by atoms with Crippen LogP contribution in [0.25, 0.3) is 82.7 Å². The smallest absolute Gasteiger partial charge is 0.140 e. The molecule has 0 N–H and O–H groups in total. The number of para-hydroxylation sites is 4. The summed E-state index contributed by atoms with van der Waals surface area (Å²) in [6, 6.07) is 55.3. The lowest BCUT2D eigenvalue weighted by Crippen LogP contribution is -2.03. The van der Waals surface area contributed by atoms with Gasteiger partial charge in [-0.2, -0.15) is 5.26 Å². The van der Waals surface area contributed by atoms with Crippen LogP contribution in [-0.2, 0) is 0 Å². The second kappa shape index (κ2) is 9.68. The molecule has 0 amide bonds. The van der Waals surface area contributed by atoms with Crippen LogP contribution in [0.5, 0.6) is 0 Å². The van der Waals surface area contributed by atoms with Gasteiger partial charge in [0.15, 0.2) is 0 Å². The zero-order chi connectivity index (χ0) is 31.1. The minimum absolute atomic E-state index is 0.646. The third kappa shape index (κ3) is 3.61. The quantitative estimate of drug-likeness (QED) is 0.203. The fraction of sp³-hybridized carbons (Fsp3) is 0. The van der Waals surface area contributed by atoms with Crippen molar-refractivity contribution in [1.29, 1.82) is 5.26 Å². The summed E-state index contributed by atoms with van der Waals surface area (Å²) in [6.45, 7) is 0. The summed E-state index contributed by atoms with van der Waals surface area (Å²) in [5.74, 6) is 1.67. The second-order valence-corrected chi connectivity index (χ2v) is 12.0. The van der Waals surface area contributed by atoms with E-state index in [1.165, 1.54) is 32.6 Å². The highest BCUT2D eigenvalue weighted by molar-refractivity contribution is 6.12. The van der Waals surface area contributed by atoms with Crippen molar-refractivity contribution in [3.63, 3.8) is 0 Å². The average molecular weight is 600 g/mol. The van der Waals surface area contributed by atoms with Crippen molar-refractivity contribution >= 4 is 65.4 Å². The first-order valence-electron chi connectivity index (χ1n) is 15.7. The van der Waals surface area contributed by atoms with E-state index in [0.29, 0.717) is 5.56 Å². The Balaban J connectivity index is 1.21. The molecule has 10 aromatic rings. The molecule has 0 saturated carbocycles. The predicted molar refractivity (Wildman–Crippen MR) is 192 cm³/mol. The molecule has 0 radical (unpaired) electrons. The van der Waals surface area contributed by atoms with Gasteiger partial charge in [0.05, 0.1) is 44.7 Å². The van der Waals surface area contributed by atoms with Crippen molar-refractivity contribution in [3.05, 3.63) is 157 Å². The van der Waals surface area contributed by atoms with Gasteiger partial charge in [-0.05, 0) is 72.8 Å². The normalized spacial score (nSPS) is 11.8. The summed E-state index contributed by atoms with van der Waals surface area (Å²) in [5.41, 5.74) is 8.44. The molecule has 218 valence electrons. The summed E-state index contributed by atoms with van der Waals surface area (Å²) in [5, 5.41) is 16.6. The Kier molecular flexibility index (Phi) is 5.28. The van der Waals surface area contributed by atoms with E-state index < -0.39 is 0 Å². The van der Waals surface area contributed by atoms with E-state index in [1.54, 1.807) is 0 Å². The van der Waals surface area contributed by atoms with E-state index in [0.717, 1.165) is 50.2 Å². The van der Waals surface area contributed by atoms with E-state index in [1.807, 2.05) is 24.3 Å². The zero-order valence-electron chi connectivity index (χ0n) is 25.2. The molecule has 4 aromatic heterocycles. The number of benzene rings is 6. The van der Waals surface area contributed by atoms with E-state index in [4.69, 9.17) is 4.98 Å². The zero-order valence-corrected chi connectivity index (χ0v) is 25.2. The predicted octanol–water partition coefficient (Wildman–Crippen LogP) is 10.2. The van der Waals surface area contributed by atoms with Gasteiger partial charge in [-0.3, -0.25) is 9.13 Å². The fourth-order valence-electron chi connectivity index (χ4n) is 7.50. The van der Waals surface area contributed by atoms with Gasteiger partial charge in [-0.15, -0.1) is 0 Å². The van der Waals surface area contributed by atoms with Crippen molar-refractivity contribution in [2.24, 2.45) is 0 Å². The lowest BCUT2D eigenvalue weighted by Gasteiger charge is -2.12. The highest BCUT2D eigenvalue weighted by atomic mass is 15.1. The van der Waals surface area contributed by atoms with Crippen molar-refractivity contribution in [1.82, 2.24) is 18.7 Å². The maximum absolute atomic E-state index is 9.60. The molecule has 0 saturated heterocycles. The molecule has 0 bridgehead atoms. The molecule has 10 rings (SSSR count). The summed E-state index contributed by atoms with van der Waals surface area (Å²) in [7, 11) is 0. The van der Waals surface area contributed by atoms with Gasteiger partial charge in [-0.1, -0.05) is 78.9 Å². The highest BCUT2D eigenvalue weighted by Gasteiger charge is 2.18. The molecule has 0 atom stereocenters. The largest absolute Gasteiger partial charge is 0.309 e. The van der Waals surface area contributed by atoms with Gasteiger partial charge >= 0.3 is 0 Å². The number of rotatable bonds is 3. The van der Waals surface area contributed by atoms with Crippen molar-refractivity contribution < 1.29 is 0 Å². The Morgan fingerprint density at radius 2 is 0.809 bits per heavy atom. The number of fused-ring (bicyclic) bond motifs is 9. The monoisotopic (exact) mass is 599 g/mol. The van der Waals surface area contributed by atoms with Crippen LogP contribution in [0.2, 0.25) is 0 Å². The molecule has 0 aliphatic rings. The second-order valence-electron chi connectivity index (χ2n) is 12.0. The Labute approximate surface area is 269 Å². The van der Waals surface area contributed by atoms with Crippen LogP contribution >= 0.6 is 0 Å². The first kappa shape index (κ1) is 25.7. The van der Waals surface area contributed by atoms with Gasteiger partial charge in [0.1, 0.15) is 11.6 Å². The maximum atomic E-state index is 9.60. The van der Waals surface area contributed by atoms with E-state index in [2.05, 4.69) is 147 Å². The van der Waals surface area contributed by atoms with Crippen molar-refractivity contribution in [2.75, 3.05) is 0 Å². The topological polar surface area (TPSA) is 51.5 Å². The van der Waals surface area contributed by atoms with Crippen LogP contribution < -0.4 is 0 Å². The maximum Gasteiger partial charge on any atom is 0.140 e. The van der Waals surface area contributed by atoms with Gasteiger partial charge < -0.3 is 4.57 Å². The minimum atomic E-state index is 0.646. The molecular weight excluding hydrogens is 574 g/mol. The van der Waals surface area contributed by atoms with E-state index in [-0.39, 0.29) is 0 Å². The van der Waals surface area contributed by atoms with Crippen LogP contribution in [0.4, 0.5) is 0 Å². The molecule has 0 aliphatic heterocycles. The first-order chi connectivity index (χ1) is 23.3. The van der Waals surface area contributed by atoms with Crippen molar-refractivity contribution in [3.8, 4) is 23.4 Å². The summed E-state index contributed by atoms with van der Waals surface area (Å²) >= 11 is 0. The number of nitriles is 1. The lowest BCUT2D eigenvalue weighted by molar-refractivity contribution is 1.01. The summed E-state index contributed by atoms with van der Waals surface area (Å²) < 4.78 is 6.84. The Hall–Kier alpha value is -6.64. The summed E-state index contributed by atoms with van der Waals surface area (Å²) in [6.07, 6.45) is 0. The van der Waals surface area contributed by atoms with Crippen LogP contribution in [0.3, 0.4) is 0 Å². The third-order valence-electron chi connectivity index (χ3n) is 9.47. The van der Waals surface area contributed by atoms with Crippen LogP contribution in [-0.4, -0.2) is 18.7 Å². The number of pyridine rings is 1. The highest BCUT2D eigenvalue weighted by Crippen LogP contribution is 2.37. The minimum Gasteiger partial charge on any atom is -0.309 e. The number of hydrogen-bond donors (Lipinski definition) is 0. The molecule has 0 spiro atoms. The molecule has 5 heteroatoms. The molecule has 4 heterocycles. The van der Waals surface area contributed by atoms with Crippen LogP contribution in [0.15, 0.2) is 152 Å². The molecular formula is C42H25N5. The van der Waals surface area contributed by atoms with Crippen LogP contribution in [0, 0.1) is 11.3 Å². The molecule has 0 fully saturated rings. The summed E-state index contributed by atoms with van der Waals surface area (Å²) in [4.78, 5) is 5.31. The number of hydrogen-bond acceptors (Lipinski definition) is 2. The Morgan fingerprint density at radius 1 is 0.383 bits per heavy atom. The fourth-order valence-corrected chi connectivity index (χ4v) is 7.50. The van der Waals surface area contributed by atoms with E-state index >= 15 is 0 Å². The molecule has 0 unspecified atom stereocenters. The SMILES string of the molecule is N#Cc1ccc2c(c1)c1ccccc1n2-c1cccc(-n2c3ccccc3c3cc(-n4c5ccccc5c5ccccc54)ccc32)n1. The molecule has 47 heavy (non-hydrogen) atoms. The Bertz CT molecular complexity index is 2880. The van der Waals surface area contributed by atoms with Crippen LogP contribution in [0.1, 0.15) is 5.56 Å². The standard InChI is InChI=1S/C42H25N5/c43-26-27-20-22-39-33(24-27)31-12-3-7-16-37(31)46(39)41-18-9-19-42(44-41)47-38-17-8-4-13-32(38)34-25-28(21-23-40(34)47)45-35-14-5-1-10-29(35)30-11-2-6-15-36(30)45/h1-25H. The van der Waals surface area contributed by atoms with Gasteiger partial charge in [-0.25, -0.2) is 4.98 Å². The van der Waals surface area contributed by atoms with Crippen molar-refractivity contribution in [2.45, 2.75) is 0 Å². The van der Waals surface area contributed by atoms with Gasteiger partial charge in [0.25, 0.3) is 0 Å². The average Bonchev–Trinajstić information content (AvgIpc) is 3.77.